The third kappa shape index (κ3) is 26.7. The number of aliphatic hydroxyl groups excluding tert-OH is 8. The predicted octanol–water partition coefficient (Wildman–Crippen LogP) is 7.27. The third-order valence-electron chi connectivity index (χ3n) is 12.8. The summed E-state index contributed by atoms with van der Waals surface area (Å²) in [5.74, 6) is -0.251. The van der Waals surface area contributed by atoms with Crippen molar-refractivity contribution in [3.05, 3.63) is 48.6 Å². The van der Waals surface area contributed by atoms with Gasteiger partial charge in [0, 0.05) is 6.42 Å². The van der Waals surface area contributed by atoms with E-state index in [2.05, 4.69) is 55.6 Å². The number of aliphatic hydroxyl groups is 8. The Kier molecular flexibility index (Phi) is 36.1. The highest BCUT2D eigenvalue weighted by molar-refractivity contribution is 5.76. The second-order valence-electron chi connectivity index (χ2n) is 18.6. The number of amides is 1. The van der Waals surface area contributed by atoms with E-state index in [-0.39, 0.29) is 18.9 Å². The Hall–Kier alpha value is -2.05. The zero-order valence-corrected chi connectivity index (χ0v) is 41.4. The zero-order chi connectivity index (χ0) is 48.9. The molecule has 14 nitrogen and oxygen atoms in total. The molecule has 2 rings (SSSR count). The second-order valence-corrected chi connectivity index (χ2v) is 18.6. The topological polar surface area (TPSA) is 228 Å². The largest absolute Gasteiger partial charge is 0.394 e. The normalized spacial score (nSPS) is 27.0. The SMILES string of the molecule is CCCCCCC/C=C\C/C=C\C/C=C\CCCCCCCCCCC(=O)NC(COC1OC(CO)C(OC2OC(CO)C(O)C(O)C2O)C(O)C1O)C(O)/C=C/CCCCCCCCCC. The number of ether oxygens (including phenoxy) is 4. The Morgan fingerprint density at radius 1 is 0.537 bits per heavy atom. The monoisotopic (exact) mass is 954 g/mol. The maximum Gasteiger partial charge on any atom is 0.220 e. The lowest BCUT2D eigenvalue weighted by atomic mass is 9.97. The highest BCUT2D eigenvalue weighted by atomic mass is 16.7. The maximum absolute atomic E-state index is 13.2. The summed E-state index contributed by atoms with van der Waals surface area (Å²) in [5, 5.41) is 86.6. The van der Waals surface area contributed by atoms with Crippen molar-refractivity contribution in [1.82, 2.24) is 5.32 Å². The summed E-state index contributed by atoms with van der Waals surface area (Å²) < 4.78 is 22.7. The molecule has 0 spiro atoms. The smallest absolute Gasteiger partial charge is 0.220 e. The molecule has 0 aromatic carbocycles. The van der Waals surface area contributed by atoms with Gasteiger partial charge in [0.25, 0.3) is 0 Å². The molecular formula is C53H95NO13. The van der Waals surface area contributed by atoms with E-state index in [1.165, 1.54) is 103 Å². The third-order valence-corrected chi connectivity index (χ3v) is 12.8. The highest BCUT2D eigenvalue weighted by Gasteiger charge is 2.51. The molecule has 0 bridgehead atoms. The molecule has 14 heteroatoms. The van der Waals surface area contributed by atoms with Crippen LogP contribution in [-0.4, -0.2) is 140 Å². The Labute approximate surface area is 403 Å². The highest BCUT2D eigenvalue weighted by Crippen LogP contribution is 2.30. The Morgan fingerprint density at radius 2 is 0.985 bits per heavy atom. The van der Waals surface area contributed by atoms with Crippen molar-refractivity contribution in [3.8, 4) is 0 Å². The van der Waals surface area contributed by atoms with Gasteiger partial charge in [-0.2, -0.15) is 0 Å². The van der Waals surface area contributed by atoms with Gasteiger partial charge in [-0.3, -0.25) is 4.79 Å². The number of allylic oxidation sites excluding steroid dienone is 7. The van der Waals surface area contributed by atoms with Crippen molar-refractivity contribution in [2.24, 2.45) is 0 Å². The summed E-state index contributed by atoms with van der Waals surface area (Å²) in [6.07, 6.45) is 30.1. The van der Waals surface area contributed by atoms with Crippen molar-refractivity contribution >= 4 is 5.91 Å². The molecule has 0 aromatic rings. The van der Waals surface area contributed by atoms with Crippen LogP contribution >= 0.6 is 0 Å². The molecule has 12 unspecified atom stereocenters. The molecule has 0 aliphatic carbocycles. The average molecular weight is 954 g/mol. The summed E-state index contributed by atoms with van der Waals surface area (Å²) in [5.41, 5.74) is 0. The Morgan fingerprint density at radius 3 is 1.51 bits per heavy atom. The molecule has 67 heavy (non-hydrogen) atoms. The lowest BCUT2D eigenvalue weighted by molar-refractivity contribution is -0.359. The van der Waals surface area contributed by atoms with Crippen LogP contribution in [0, 0.1) is 0 Å². The van der Waals surface area contributed by atoms with Gasteiger partial charge in [0.2, 0.25) is 5.91 Å². The molecule has 12 atom stereocenters. The molecule has 2 aliphatic heterocycles. The molecule has 0 aromatic heterocycles. The van der Waals surface area contributed by atoms with E-state index < -0.39 is 86.8 Å². The van der Waals surface area contributed by atoms with E-state index in [1.54, 1.807) is 6.08 Å². The molecule has 0 radical (unpaired) electrons. The first kappa shape index (κ1) is 61.1. The fourth-order valence-corrected chi connectivity index (χ4v) is 8.41. The van der Waals surface area contributed by atoms with Crippen LogP contribution in [0.5, 0.6) is 0 Å². The minimum absolute atomic E-state index is 0.251. The number of carbonyl (C=O) groups is 1. The number of hydrogen-bond acceptors (Lipinski definition) is 13. The van der Waals surface area contributed by atoms with E-state index >= 15 is 0 Å². The summed E-state index contributed by atoms with van der Waals surface area (Å²) in [6.45, 7) is 2.73. The molecule has 390 valence electrons. The van der Waals surface area contributed by atoms with E-state index in [4.69, 9.17) is 18.9 Å². The number of nitrogens with one attached hydrogen (secondary N) is 1. The molecule has 2 saturated heterocycles. The summed E-state index contributed by atoms with van der Waals surface area (Å²) in [7, 11) is 0. The summed E-state index contributed by atoms with van der Waals surface area (Å²) in [4.78, 5) is 13.2. The van der Waals surface area contributed by atoms with Crippen molar-refractivity contribution < 1.29 is 64.6 Å². The van der Waals surface area contributed by atoms with E-state index in [9.17, 15) is 45.6 Å². The van der Waals surface area contributed by atoms with Crippen LogP contribution in [-0.2, 0) is 23.7 Å². The number of hydrogen-bond donors (Lipinski definition) is 9. The molecule has 0 saturated carbocycles. The van der Waals surface area contributed by atoms with Gasteiger partial charge in [0.15, 0.2) is 12.6 Å². The lowest BCUT2D eigenvalue weighted by Gasteiger charge is -2.46. The number of carbonyl (C=O) groups excluding carboxylic acids is 1. The van der Waals surface area contributed by atoms with Crippen LogP contribution in [0.3, 0.4) is 0 Å². The molecule has 9 N–H and O–H groups in total. The Balaban J connectivity index is 1.77. The van der Waals surface area contributed by atoms with Crippen molar-refractivity contribution in [3.63, 3.8) is 0 Å². The minimum Gasteiger partial charge on any atom is -0.394 e. The van der Waals surface area contributed by atoms with Crippen LogP contribution in [0.15, 0.2) is 48.6 Å². The van der Waals surface area contributed by atoms with Gasteiger partial charge in [-0.15, -0.1) is 0 Å². The fourth-order valence-electron chi connectivity index (χ4n) is 8.41. The van der Waals surface area contributed by atoms with Gasteiger partial charge in [0.05, 0.1) is 32.0 Å². The molecule has 2 fully saturated rings. The maximum atomic E-state index is 13.2. The average Bonchev–Trinajstić information content (AvgIpc) is 3.32. The van der Waals surface area contributed by atoms with Gasteiger partial charge >= 0.3 is 0 Å². The van der Waals surface area contributed by atoms with Crippen molar-refractivity contribution in [2.75, 3.05) is 19.8 Å². The standard InChI is InChI=1S/C53H95NO13/c1-3-5-7-9-11-13-15-16-17-18-19-20-21-22-23-24-25-26-27-29-31-33-35-37-45(58)54-41(42(57)36-34-32-30-28-14-12-10-8-6-4-2)40-64-52-50(63)48(61)51(44(39-56)66-52)67-53-49(62)47(60)46(59)43(38-55)65-53/h15-16,18-19,21-22,34,36,41-44,46-53,55-57,59-63H,3-14,17,20,23-33,35,37-40H2,1-2H3,(H,54,58)/b16-15-,19-18-,22-21-,36-34+. The summed E-state index contributed by atoms with van der Waals surface area (Å²) in [6, 6.07) is -0.917. The van der Waals surface area contributed by atoms with Crippen LogP contribution < -0.4 is 5.32 Å². The van der Waals surface area contributed by atoms with Crippen LogP contribution in [0.1, 0.15) is 187 Å². The molecular weight excluding hydrogens is 859 g/mol. The lowest BCUT2D eigenvalue weighted by Crippen LogP contribution is -2.65. The van der Waals surface area contributed by atoms with E-state index in [0.717, 1.165) is 57.8 Å². The number of rotatable bonds is 40. The fraction of sp³-hybridized carbons (Fsp3) is 0.830. The number of unbranched alkanes of at least 4 members (excludes halogenated alkanes) is 21. The van der Waals surface area contributed by atoms with Gasteiger partial charge in [-0.25, -0.2) is 0 Å². The zero-order valence-electron chi connectivity index (χ0n) is 41.4. The molecule has 2 aliphatic rings. The van der Waals surface area contributed by atoms with Gasteiger partial charge < -0.3 is 65.1 Å². The van der Waals surface area contributed by atoms with Crippen LogP contribution in [0.2, 0.25) is 0 Å². The summed E-state index contributed by atoms with van der Waals surface area (Å²) >= 11 is 0. The van der Waals surface area contributed by atoms with E-state index in [0.29, 0.717) is 6.42 Å². The van der Waals surface area contributed by atoms with Crippen LogP contribution in [0.25, 0.3) is 0 Å². The minimum atomic E-state index is -1.79. The van der Waals surface area contributed by atoms with Gasteiger partial charge in [-0.05, 0) is 57.8 Å². The molecule has 2 heterocycles. The first-order chi connectivity index (χ1) is 32.6. The first-order valence-electron chi connectivity index (χ1n) is 26.4. The van der Waals surface area contributed by atoms with Crippen molar-refractivity contribution in [1.29, 1.82) is 0 Å². The Bertz CT molecular complexity index is 1310. The second kappa shape index (κ2) is 39.6. The predicted molar refractivity (Wildman–Crippen MR) is 263 cm³/mol. The van der Waals surface area contributed by atoms with Crippen LogP contribution in [0.4, 0.5) is 0 Å². The first-order valence-corrected chi connectivity index (χ1v) is 26.4. The van der Waals surface area contributed by atoms with Gasteiger partial charge in [-0.1, -0.05) is 172 Å². The molecule has 1 amide bonds. The van der Waals surface area contributed by atoms with Gasteiger partial charge in [0.1, 0.15) is 48.8 Å². The van der Waals surface area contributed by atoms with Crippen molar-refractivity contribution in [2.45, 2.75) is 261 Å². The quantitative estimate of drug-likeness (QED) is 0.0218. The van der Waals surface area contributed by atoms with E-state index in [1.807, 2.05) is 6.08 Å².